The van der Waals surface area contributed by atoms with E-state index < -0.39 is 6.10 Å². The smallest absolute Gasteiger partial charge is 0.228 e. The van der Waals surface area contributed by atoms with Crippen LogP contribution in [0.3, 0.4) is 0 Å². The molecular weight excluding hydrogens is 256 g/mol. The molecule has 0 aliphatic carbocycles. The minimum atomic E-state index is -0.986. The maximum atomic E-state index is 12.4. The summed E-state index contributed by atoms with van der Waals surface area (Å²) in [6.07, 6.45) is 1.94. The summed E-state index contributed by atoms with van der Waals surface area (Å²) >= 11 is 0. The zero-order valence-corrected chi connectivity index (χ0v) is 10.5. The highest BCUT2D eigenvalue weighted by Crippen LogP contribution is 2.26. The van der Waals surface area contributed by atoms with Gasteiger partial charge in [-0.05, 0) is 29.8 Å². The summed E-state index contributed by atoms with van der Waals surface area (Å²) in [5.41, 5.74) is 0.884. The first-order chi connectivity index (χ1) is 9.77. The number of hydrogen-bond acceptors (Lipinski definition) is 4. The zero-order chi connectivity index (χ0) is 13.9. The fraction of sp³-hybridized carbons (Fsp3) is 0.0625. The molecule has 1 atom stereocenters. The number of carbonyl (C=O) groups is 1. The van der Waals surface area contributed by atoms with E-state index in [4.69, 9.17) is 8.83 Å². The van der Waals surface area contributed by atoms with Gasteiger partial charge in [0.1, 0.15) is 11.9 Å². The van der Waals surface area contributed by atoms with E-state index in [9.17, 15) is 9.90 Å². The third kappa shape index (κ3) is 2.17. The molecule has 0 aliphatic heterocycles. The van der Waals surface area contributed by atoms with Crippen LogP contribution in [-0.4, -0.2) is 10.9 Å². The Kier molecular flexibility index (Phi) is 3.23. The maximum absolute atomic E-state index is 12.4. The van der Waals surface area contributed by atoms with E-state index in [2.05, 4.69) is 0 Å². The number of carbonyl (C=O) groups excluding carboxylic acids is 1. The molecule has 2 aromatic heterocycles. The first-order valence-electron chi connectivity index (χ1n) is 6.16. The Balaban J connectivity index is 2.03. The molecule has 0 fully saturated rings. The van der Waals surface area contributed by atoms with Crippen molar-refractivity contribution in [3.05, 3.63) is 83.7 Å². The SMILES string of the molecule is O=C(c1ccco1)c1ccccc1[C@@H](O)c1ccco1. The Bertz CT molecular complexity index is 696. The summed E-state index contributed by atoms with van der Waals surface area (Å²) in [4.78, 5) is 12.4. The molecule has 3 aromatic rings. The monoisotopic (exact) mass is 268 g/mol. The van der Waals surface area contributed by atoms with Crippen molar-refractivity contribution < 1.29 is 18.7 Å². The van der Waals surface area contributed by atoms with Crippen LogP contribution in [-0.2, 0) is 0 Å². The number of aliphatic hydroxyl groups excluding tert-OH is 1. The molecule has 1 aromatic carbocycles. The van der Waals surface area contributed by atoms with Gasteiger partial charge in [-0.3, -0.25) is 4.79 Å². The van der Waals surface area contributed by atoms with Crippen LogP contribution in [0.15, 0.2) is 69.9 Å². The molecule has 2 heterocycles. The van der Waals surface area contributed by atoms with Crippen LogP contribution >= 0.6 is 0 Å². The predicted molar refractivity (Wildman–Crippen MR) is 71.4 cm³/mol. The van der Waals surface area contributed by atoms with E-state index in [1.165, 1.54) is 12.5 Å². The summed E-state index contributed by atoms with van der Waals surface area (Å²) in [5.74, 6) is 0.366. The van der Waals surface area contributed by atoms with Crippen LogP contribution in [0.2, 0.25) is 0 Å². The van der Waals surface area contributed by atoms with Gasteiger partial charge in [0.2, 0.25) is 5.78 Å². The highest BCUT2D eigenvalue weighted by Gasteiger charge is 2.22. The van der Waals surface area contributed by atoms with Crippen molar-refractivity contribution in [2.75, 3.05) is 0 Å². The number of ketones is 1. The van der Waals surface area contributed by atoms with Gasteiger partial charge in [0.15, 0.2) is 5.76 Å². The van der Waals surface area contributed by atoms with E-state index in [1.807, 2.05) is 0 Å². The maximum Gasteiger partial charge on any atom is 0.228 e. The van der Waals surface area contributed by atoms with Crippen molar-refractivity contribution in [1.29, 1.82) is 0 Å². The van der Waals surface area contributed by atoms with E-state index >= 15 is 0 Å². The number of hydrogen-bond donors (Lipinski definition) is 1. The fourth-order valence-electron chi connectivity index (χ4n) is 2.08. The molecule has 0 aliphatic rings. The minimum Gasteiger partial charge on any atom is -0.466 e. The lowest BCUT2D eigenvalue weighted by Crippen LogP contribution is -2.08. The van der Waals surface area contributed by atoms with Crippen LogP contribution in [0.5, 0.6) is 0 Å². The summed E-state index contributed by atoms with van der Waals surface area (Å²) < 4.78 is 10.3. The lowest BCUT2D eigenvalue weighted by atomic mass is 9.97. The molecule has 20 heavy (non-hydrogen) atoms. The lowest BCUT2D eigenvalue weighted by Gasteiger charge is -2.12. The van der Waals surface area contributed by atoms with Crippen molar-refractivity contribution in [3.63, 3.8) is 0 Å². The van der Waals surface area contributed by atoms with Gasteiger partial charge in [0.25, 0.3) is 0 Å². The molecule has 0 unspecified atom stereocenters. The van der Waals surface area contributed by atoms with Crippen molar-refractivity contribution >= 4 is 5.78 Å². The molecule has 0 radical (unpaired) electrons. The first-order valence-corrected chi connectivity index (χ1v) is 6.16. The van der Waals surface area contributed by atoms with Crippen molar-refractivity contribution in [1.82, 2.24) is 0 Å². The van der Waals surface area contributed by atoms with Crippen LogP contribution in [0.4, 0.5) is 0 Å². The fourth-order valence-corrected chi connectivity index (χ4v) is 2.08. The van der Waals surface area contributed by atoms with Gasteiger partial charge in [-0.25, -0.2) is 0 Å². The zero-order valence-electron chi connectivity index (χ0n) is 10.5. The summed E-state index contributed by atoms with van der Waals surface area (Å²) in [6, 6.07) is 13.5. The summed E-state index contributed by atoms with van der Waals surface area (Å²) in [5, 5.41) is 10.3. The third-order valence-corrected chi connectivity index (χ3v) is 3.06. The Labute approximate surface area is 115 Å². The second-order valence-electron chi connectivity index (χ2n) is 4.31. The van der Waals surface area contributed by atoms with E-state index in [-0.39, 0.29) is 11.5 Å². The number of aliphatic hydroxyl groups is 1. The van der Waals surface area contributed by atoms with Gasteiger partial charge < -0.3 is 13.9 Å². The normalized spacial score (nSPS) is 12.2. The van der Waals surface area contributed by atoms with E-state index in [0.29, 0.717) is 16.9 Å². The standard InChI is InChI=1S/C16H12O4/c17-15(13-7-3-9-19-13)11-5-1-2-6-12(11)16(18)14-8-4-10-20-14/h1-10,15,17H/t15-/m1/s1. The molecule has 100 valence electrons. The van der Waals surface area contributed by atoms with Gasteiger partial charge in [-0.2, -0.15) is 0 Å². The number of furan rings is 2. The van der Waals surface area contributed by atoms with E-state index in [1.54, 1.807) is 48.5 Å². The van der Waals surface area contributed by atoms with Crippen LogP contribution in [0.25, 0.3) is 0 Å². The Hall–Kier alpha value is -2.59. The Morgan fingerprint density at radius 1 is 0.950 bits per heavy atom. The molecule has 1 N–H and O–H groups in total. The van der Waals surface area contributed by atoms with Crippen molar-refractivity contribution in [2.24, 2.45) is 0 Å². The van der Waals surface area contributed by atoms with Crippen LogP contribution < -0.4 is 0 Å². The van der Waals surface area contributed by atoms with E-state index in [0.717, 1.165) is 0 Å². The largest absolute Gasteiger partial charge is 0.466 e. The van der Waals surface area contributed by atoms with Gasteiger partial charge in [-0.1, -0.05) is 24.3 Å². The predicted octanol–water partition coefficient (Wildman–Crippen LogP) is 3.19. The second-order valence-corrected chi connectivity index (χ2v) is 4.31. The molecule has 4 nitrogen and oxygen atoms in total. The highest BCUT2D eigenvalue weighted by molar-refractivity contribution is 6.08. The molecule has 0 spiro atoms. The molecule has 0 saturated carbocycles. The number of benzene rings is 1. The van der Waals surface area contributed by atoms with Gasteiger partial charge in [0, 0.05) is 5.56 Å². The number of rotatable bonds is 4. The lowest BCUT2D eigenvalue weighted by molar-refractivity contribution is 0.100. The molecule has 0 amide bonds. The first kappa shape index (κ1) is 12.4. The van der Waals surface area contributed by atoms with Crippen molar-refractivity contribution in [2.45, 2.75) is 6.10 Å². The van der Waals surface area contributed by atoms with Gasteiger partial charge in [-0.15, -0.1) is 0 Å². The van der Waals surface area contributed by atoms with Gasteiger partial charge >= 0.3 is 0 Å². The molecular formula is C16H12O4. The average molecular weight is 268 g/mol. The molecule has 0 saturated heterocycles. The van der Waals surface area contributed by atoms with Crippen molar-refractivity contribution in [3.8, 4) is 0 Å². The summed E-state index contributed by atoms with van der Waals surface area (Å²) in [6.45, 7) is 0. The summed E-state index contributed by atoms with van der Waals surface area (Å²) in [7, 11) is 0. The molecule has 3 rings (SSSR count). The second kappa shape index (κ2) is 5.19. The van der Waals surface area contributed by atoms with Crippen LogP contribution in [0, 0.1) is 0 Å². The molecule has 0 bridgehead atoms. The Morgan fingerprint density at radius 2 is 1.70 bits per heavy atom. The van der Waals surface area contributed by atoms with Gasteiger partial charge in [0.05, 0.1) is 12.5 Å². The third-order valence-electron chi connectivity index (χ3n) is 3.06. The average Bonchev–Trinajstić information content (AvgIpc) is 3.18. The topological polar surface area (TPSA) is 63.6 Å². The van der Waals surface area contributed by atoms with Crippen LogP contribution in [0.1, 0.15) is 33.5 Å². The highest BCUT2D eigenvalue weighted by atomic mass is 16.4. The quantitative estimate of drug-likeness (QED) is 0.738. The Morgan fingerprint density at radius 3 is 2.40 bits per heavy atom. The minimum absolute atomic E-state index is 0.240. The molecule has 4 heteroatoms.